The van der Waals surface area contributed by atoms with Crippen molar-refractivity contribution in [2.24, 2.45) is 16.6 Å². The van der Waals surface area contributed by atoms with Gasteiger partial charge in [-0.15, -0.1) is 0 Å². The summed E-state index contributed by atoms with van der Waals surface area (Å²) >= 11 is 1.42. The van der Waals surface area contributed by atoms with Gasteiger partial charge in [0.15, 0.2) is 5.17 Å². The lowest BCUT2D eigenvalue weighted by Gasteiger charge is -2.39. The maximum Gasteiger partial charge on any atom is 0.275 e. The second-order valence-electron chi connectivity index (χ2n) is 7.36. The monoisotopic (exact) mass is 417 g/mol. The molecule has 9 heteroatoms. The van der Waals surface area contributed by atoms with Gasteiger partial charge in [0, 0.05) is 18.0 Å². The molecule has 154 valence electrons. The first-order valence-electron chi connectivity index (χ1n) is 9.13. The van der Waals surface area contributed by atoms with Gasteiger partial charge in [-0.2, -0.15) is 0 Å². The summed E-state index contributed by atoms with van der Waals surface area (Å²) in [6.07, 6.45) is 6.71. The Labute approximate surface area is 173 Å². The van der Waals surface area contributed by atoms with Gasteiger partial charge in [-0.05, 0) is 37.8 Å². The zero-order chi connectivity index (χ0) is 21.2. The van der Waals surface area contributed by atoms with Crippen molar-refractivity contribution in [1.29, 1.82) is 0 Å². The predicted molar refractivity (Wildman–Crippen MR) is 112 cm³/mol. The van der Waals surface area contributed by atoms with Crippen LogP contribution in [0, 0.1) is 5.92 Å². The molecular formula is C20H24FN5O2S. The van der Waals surface area contributed by atoms with Crippen molar-refractivity contribution in [2.75, 3.05) is 7.11 Å². The highest BCUT2D eigenvalue weighted by atomic mass is 32.2. The van der Waals surface area contributed by atoms with E-state index in [1.165, 1.54) is 37.3 Å². The normalized spacial score (nSPS) is 26.4. The summed E-state index contributed by atoms with van der Waals surface area (Å²) in [6.45, 7) is 5.91. The highest BCUT2D eigenvalue weighted by molar-refractivity contribution is 8.17. The molecule has 1 aliphatic carbocycles. The van der Waals surface area contributed by atoms with Crippen molar-refractivity contribution < 1.29 is 13.9 Å². The topological polar surface area (TPSA) is 102 Å². The van der Waals surface area contributed by atoms with E-state index in [0.717, 1.165) is 10.5 Å². The molecule has 2 aliphatic rings. The minimum Gasteiger partial charge on any atom is -0.480 e. The van der Waals surface area contributed by atoms with Crippen LogP contribution in [-0.4, -0.2) is 39.9 Å². The van der Waals surface area contributed by atoms with Crippen LogP contribution < -0.4 is 15.8 Å². The number of alkyl halides is 1. The molecule has 0 aromatic carbocycles. The number of hydrogen-bond donors (Lipinski definition) is 2. The van der Waals surface area contributed by atoms with Gasteiger partial charge in [-0.25, -0.2) is 14.4 Å². The maximum atomic E-state index is 14.8. The van der Waals surface area contributed by atoms with Crippen molar-refractivity contribution in [3.63, 3.8) is 0 Å². The number of carbonyl (C=O) groups is 1. The lowest BCUT2D eigenvalue weighted by molar-refractivity contribution is 0.0960. The minimum absolute atomic E-state index is 0.133. The van der Waals surface area contributed by atoms with E-state index in [2.05, 4.69) is 20.3 Å². The van der Waals surface area contributed by atoms with Crippen LogP contribution in [0.3, 0.4) is 0 Å². The molecule has 1 amide bonds. The molecule has 0 saturated heterocycles. The van der Waals surface area contributed by atoms with E-state index in [0.29, 0.717) is 23.2 Å². The Balaban J connectivity index is 1.83. The molecule has 3 atom stereocenters. The zero-order valence-corrected chi connectivity index (χ0v) is 17.6. The number of nitrogens with one attached hydrogen (secondary N) is 1. The number of methoxy groups -OCH3 is 1. The van der Waals surface area contributed by atoms with Crippen molar-refractivity contribution >= 4 is 22.8 Å². The quantitative estimate of drug-likeness (QED) is 0.780. The van der Waals surface area contributed by atoms with E-state index in [4.69, 9.17) is 10.5 Å². The fourth-order valence-corrected chi connectivity index (χ4v) is 4.34. The molecule has 0 bridgehead atoms. The average molecular weight is 418 g/mol. The first-order valence-corrected chi connectivity index (χ1v) is 9.94. The van der Waals surface area contributed by atoms with Crippen molar-refractivity contribution in [3.05, 3.63) is 52.5 Å². The fraction of sp³-hybridized carbons (Fsp3) is 0.400. The molecule has 7 nitrogen and oxygen atoms in total. The largest absolute Gasteiger partial charge is 0.480 e. The van der Waals surface area contributed by atoms with Gasteiger partial charge in [0.05, 0.1) is 25.0 Å². The Morgan fingerprint density at radius 2 is 2.14 bits per heavy atom. The fourth-order valence-electron chi connectivity index (χ4n) is 3.27. The van der Waals surface area contributed by atoms with E-state index in [9.17, 15) is 9.18 Å². The van der Waals surface area contributed by atoms with Crippen LogP contribution in [0.1, 0.15) is 37.7 Å². The van der Waals surface area contributed by atoms with Gasteiger partial charge in [-0.3, -0.25) is 9.79 Å². The molecule has 0 fully saturated rings. The number of nitrogens with two attached hydrogens (primary N) is 1. The standard InChI is InChI=1S/C20H24FN5O2S/c1-11(2)16-8-20(3,26-19(22)29-16)13-7-12(5-6-14(13)21)25-18(27)15-9-24-17(28-4)10-23-15/h5-7,9-10,13-14H,8H2,1-4H3,(H2,22,26)(H,25,27)/t13?,14?,20-/m0/s1. The Morgan fingerprint density at radius 1 is 1.38 bits per heavy atom. The molecule has 3 rings (SSSR count). The summed E-state index contributed by atoms with van der Waals surface area (Å²) in [7, 11) is 1.47. The Bertz CT molecular complexity index is 921. The first-order chi connectivity index (χ1) is 13.7. The number of amidine groups is 1. The van der Waals surface area contributed by atoms with Crippen LogP contribution in [0.25, 0.3) is 0 Å². The first kappa shape index (κ1) is 21.0. The van der Waals surface area contributed by atoms with E-state index in [1.54, 1.807) is 12.2 Å². The van der Waals surface area contributed by atoms with Crippen LogP contribution in [-0.2, 0) is 0 Å². The summed E-state index contributed by atoms with van der Waals surface area (Å²) in [6, 6.07) is 0. The van der Waals surface area contributed by atoms with Crippen LogP contribution in [0.2, 0.25) is 0 Å². The molecule has 29 heavy (non-hydrogen) atoms. The van der Waals surface area contributed by atoms with Gasteiger partial charge in [0.2, 0.25) is 5.88 Å². The molecule has 3 N–H and O–H groups in total. The molecule has 1 aliphatic heterocycles. The predicted octanol–water partition coefficient (Wildman–Crippen LogP) is 3.13. The molecule has 1 aromatic rings. The average Bonchev–Trinajstić information content (AvgIpc) is 2.68. The van der Waals surface area contributed by atoms with Gasteiger partial charge >= 0.3 is 0 Å². The number of thioether (sulfide) groups is 1. The lowest BCUT2D eigenvalue weighted by Crippen LogP contribution is -2.42. The summed E-state index contributed by atoms with van der Waals surface area (Å²) in [4.78, 5) is 26.1. The van der Waals surface area contributed by atoms with Crippen LogP contribution in [0.5, 0.6) is 5.88 Å². The SMILES string of the molecule is COc1cnc(C(=O)NC2=CC([C@]3(C)CC(=C(C)C)SC(N)=N3)C(F)C=C2)cn1. The Hall–Kier alpha value is -2.68. The van der Waals surface area contributed by atoms with Crippen molar-refractivity contribution in [2.45, 2.75) is 38.9 Å². The maximum absolute atomic E-state index is 14.8. The summed E-state index contributed by atoms with van der Waals surface area (Å²) in [5.41, 5.74) is 7.03. The van der Waals surface area contributed by atoms with Crippen LogP contribution in [0.4, 0.5) is 4.39 Å². The number of carbonyl (C=O) groups excluding carboxylic acids is 1. The Morgan fingerprint density at radius 3 is 2.76 bits per heavy atom. The van der Waals surface area contributed by atoms with E-state index >= 15 is 0 Å². The number of halogens is 1. The highest BCUT2D eigenvalue weighted by Crippen LogP contribution is 2.43. The van der Waals surface area contributed by atoms with Gasteiger partial charge in [0.25, 0.3) is 5.91 Å². The Kier molecular flexibility index (Phi) is 6.07. The third kappa shape index (κ3) is 4.67. The minimum atomic E-state index is -1.24. The van der Waals surface area contributed by atoms with Crippen molar-refractivity contribution in [3.8, 4) is 5.88 Å². The van der Waals surface area contributed by atoms with Gasteiger partial charge < -0.3 is 15.8 Å². The van der Waals surface area contributed by atoms with Crippen molar-refractivity contribution in [1.82, 2.24) is 15.3 Å². The second-order valence-corrected chi connectivity index (χ2v) is 8.47. The smallest absolute Gasteiger partial charge is 0.275 e. The van der Waals surface area contributed by atoms with Crippen LogP contribution in [0.15, 0.2) is 51.8 Å². The zero-order valence-electron chi connectivity index (χ0n) is 16.8. The third-order valence-electron chi connectivity index (χ3n) is 4.88. The number of rotatable bonds is 4. The molecule has 2 heterocycles. The number of allylic oxidation sites excluding steroid dienone is 3. The number of amides is 1. The molecule has 0 radical (unpaired) electrons. The second kappa shape index (κ2) is 8.36. The molecule has 0 saturated carbocycles. The molecule has 1 aromatic heterocycles. The van der Waals surface area contributed by atoms with E-state index in [1.807, 2.05) is 20.8 Å². The molecule has 2 unspecified atom stereocenters. The summed E-state index contributed by atoms with van der Waals surface area (Å²) in [5.74, 6) is -0.699. The number of ether oxygens (including phenoxy) is 1. The number of aromatic nitrogens is 2. The summed E-state index contributed by atoms with van der Waals surface area (Å²) in [5, 5.41) is 3.17. The van der Waals surface area contributed by atoms with Gasteiger partial charge in [0.1, 0.15) is 11.9 Å². The van der Waals surface area contributed by atoms with Crippen LogP contribution >= 0.6 is 11.8 Å². The number of aliphatic imine (C=N–C) groups is 1. The van der Waals surface area contributed by atoms with Gasteiger partial charge in [-0.1, -0.05) is 23.4 Å². The summed E-state index contributed by atoms with van der Waals surface area (Å²) < 4.78 is 19.8. The molecular weight excluding hydrogens is 393 g/mol. The highest BCUT2D eigenvalue weighted by Gasteiger charge is 2.42. The van der Waals surface area contributed by atoms with E-state index in [-0.39, 0.29) is 5.69 Å². The lowest BCUT2D eigenvalue weighted by atomic mass is 9.77. The molecule has 0 spiro atoms. The van der Waals surface area contributed by atoms with E-state index < -0.39 is 23.5 Å². The number of hydrogen-bond acceptors (Lipinski definition) is 7. The number of nitrogens with zero attached hydrogens (tertiary/aromatic N) is 3. The third-order valence-corrected chi connectivity index (χ3v) is 5.98.